The Morgan fingerprint density at radius 1 is 1.40 bits per heavy atom. The maximum Gasteiger partial charge on any atom is 0.341 e. The first kappa shape index (κ1) is 9.96. The number of aryl methyl sites for hydroxylation is 2. The number of rotatable bonds is 1. The minimum Gasteiger partial charge on any atom is -0.477 e. The van der Waals surface area contributed by atoms with Crippen molar-refractivity contribution < 1.29 is 9.90 Å². The molecule has 15 heavy (non-hydrogen) atoms. The van der Waals surface area contributed by atoms with Crippen molar-refractivity contribution in [2.24, 2.45) is 7.05 Å². The minimum absolute atomic E-state index is 0.0327. The topological polar surface area (TPSA) is 59.3 Å². The highest BCUT2D eigenvalue weighted by molar-refractivity contribution is 5.89. The van der Waals surface area contributed by atoms with Crippen LogP contribution in [0, 0.1) is 0 Å². The lowest BCUT2D eigenvalue weighted by molar-refractivity contribution is 0.0692. The van der Waals surface area contributed by atoms with E-state index in [0.29, 0.717) is 6.42 Å². The van der Waals surface area contributed by atoms with Gasteiger partial charge in [0.05, 0.1) is 0 Å². The van der Waals surface area contributed by atoms with E-state index in [1.807, 2.05) is 0 Å². The van der Waals surface area contributed by atoms with E-state index in [4.69, 9.17) is 5.11 Å². The molecule has 0 radical (unpaired) electrons. The van der Waals surface area contributed by atoms with E-state index in [1.54, 1.807) is 13.2 Å². The molecule has 80 valence electrons. The number of carboxylic acids is 1. The van der Waals surface area contributed by atoms with Crippen molar-refractivity contribution >= 4 is 5.97 Å². The van der Waals surface area contributed by atoms with Gasteiger partial charge in [-0.15, -0.1) is 0 Å². The summed E-state index contributed by atoms with van der Waals surface area (Å²) in [6.07, 6.45) is 5.41. The molecule has 1 aromatic heterocycles. The largest absolute Gasteiger partial charge is 0.477 e. The van der Waals surface area contributed by atoms with Gasteiger partial charge in [0.15, 0.2) is 0 Å². The van der Waals surface area contributed by atoms with Gasteiger partial charge in [0.2, 0.25) is 0 Å². The summed E-state index contributed by atoms with van der Waals surface area (Å²) in [5.74, 6) is -1.10. The molecule has 0 saturated heterocycles. The van der Waals surface area contributed by atoms with Crippen LogP contribution in [0.25, 0.3) is 0 Å². The molecule has 1 aliphatic rings. The number of aromatic nitrogens is 1. The highest BCUT2D eigenvalue weighted by Gasteiger charge is 2.21. The van der Waals surface area contributed by atoms with E-state index >= 15 is 0 Å². The molecule has 0 aliphatic heterocycles. The van der Waals surface area contributed by atoms with Crippen molar-refractivity contribution in [3.8, 4) is 0 Å². The zero-order valence-electron chi connectivity index (χ0n) is 8.62. The Bertz CT molecular complexity index is 473. The quantitative estimate of drug-likeness (QED) is 0.746. The Morgan fingerprint density at radius 2 is 2.07 bits per heavy atom. The van der Waals surface area contributed by atoms with Crippen LogP contribution >= 0.6 is 0 Å². The van der Waals surface area contributed by atoms with Crippen LogP contribution in [0.1, 0.15) is 34.3 Å². The first-order valence-corrected chi connectivity index (χ1v) is 5.06. The number of carbonyl (C=O) groups is 1. The average molecular weight is 207 g/mol. The summed E-state index contributed by atoms with van der Waals surface area (Å²) in [7, 11) is 1.60. The van der Waals surface area contributed by atoms with Crippen LogP contribution in [0.4, 0.5) is 0 Å². The van der Waals surface area contributed by atoms with Crippen LogP contribution in [0.2, 0.25) is 0 Å². The van der Waals surface area contributed by atoms with E-state index in [0.717, 1.165) is 30.4 Å². The Hall–Kier alpha value is -1.58. The van der Waals surface area contributed by atoms with Crippen LogP contribution in [0.3, 0.4) is 0 Å². The summed E-state index contributed by atoms with van der Waals surface area (Å²) in [5.41, 5.74) is 1.33. The molecule has 0 amide bonds. The fraction of sp³-hybridized carbons (Fsp3) is 0.455. The standard InChI is InChI=1S/C11H13NO3/c1-12-6-7-4-2-3-5-8(7)9(10(12)13)11(14)15/h6H,2-5H2,1H3,(H,14,15). The second kappa shape index (κ2) is 3.53. The Morgan fingerprint density at radius 3 is 2.73 bits per heavy atom. The fourth-order valence-corrected chi connectivity index (χ4v) is 2.18. The number of fused-ring (bicyclic) bond motifs is 1. The van der Waals surface area contributed by atoms with Crippen molar-refractivity contribution in [3.63, 3.8) is 0 Å². The van der Waals surface area contributed by atoms with E-state index in [-0.39, 0.29) is 5.56 Å². The predicted octanol–water partition coefficient (Wildman–Crippen LogP) is 0.962. The van der Waals surface area contributed by atoms with Crippen molar-refractivity contribution in [2.45, 2.75) is 25.7 Å². The first-order valence-electron chi connectivity index (χ1n) is 5.06. The van der Waals surface area contributed by atoms with Gasteiger partial charge in [-0.05, 0) is 36.8 Å². The van der Waals surface area contributed by atoms with Gasteiger partial charge in [-0.2, -0.15) is 0 Å². The lowest BCUT2D eigenvalue weighted by Crippen LogP contribution is -2.28. The van der Waals surface area contributed by atoms with E-state index in [9.17, 15) is 9.59 Å². The van der Waals surface area contributed by atoms with E-state index in [1.165, 1.54) is 4.57 Å². The summed E-state index contributed by atoms with van der Waals surface area (Å²) in [5, 5.41) is 9.03. The van der Waals surface area contributed by atoms with E-state index in [2.05, 4.69) is 0 Å². The number of hydrogen-bond donors (Lipinski definition) is 1. The lowest BCUT2D eigenvalue weighted by Gasteiger charge is -2.18. The zero-order chi connectivity index (χ0) is 11.0. The van der Waals surface area contributed by atoms with Crippen LogP contribution in [0.15, 0.2) is 11.0 Å². The molecular weight excluding hydrogens is 194 g/mol. The van der Waals surface area contributed by atoms with Crippen molar-refractivity contribution in [3.05, 3.63) is 33.2 Å². The third-order valence-corrected chi connectivity index (χ3v) is 2.91. The number of carboxylic acid groups (broad SMARTS) is 1. The second-order valence-electron chi connectivity index (χ2n) is 3.94. The molecule has 1 aliphatic carbocycles. The van der Waals surface area contributed by atoms with Crippen LogP contribution < -0.4 is 5.56 Å². The Labute approximate surface area is 87.2 Å². The highest BCUT2D eigenvalue weighted by atomic mass is 16.4. The molecule has 1 N–H and O–H groups in total. The summed E-state index contributed by atoms with van der Waals surface area (Å²) < 4.78 is 1.37. The molecule has 0 bridgehead atoms. The van der Waals surface area contributed by atoms with E-state index < -0.39 is 11.5 Å². The SMILES string of the molecule is Cn1cc2c(c(C(=O)O)c1=O)CCCC2. The molecule has 1 aromatic rings. The number of aromatic carboxylic acids is 1. The summed E-state index contributed by atoms with van der Waals surface area (Å²) in [6, 6.07) is 0. The first-order chi connectivity index (χ1) is 7.11. The molecule has 2 rings (SSSR count). The number of pyridine rings is 1. The average Bonchev–Trinajstić information content (AvgIpc) is 2.19. The normalized spacial score (nSPS) is 14.7. The van der Waals surface area contributed by atoms with Gasteiger partial charge in [-0.3, -0.25) is 4.79 Å². The number of hydrogen-bond acceptors (Lipinski definition) is 2. The van der Waals surface area contributed by atoms with Crippen LogP contribution in [-0.2, 0) is 19.9 Å². The smallest absolute Gasteiger partial charge is 0.341 e. The zero-order valence-corrected chi connectivity index (χ0v) is 8.62. The van der Waals surface area contributed by atoms with Gasteiger partial charge >= 0.3 is 5.97 Å². The van der Waals surface area contributed by atoms with Gasteiger partial charge in [-0.25, -0.2) is 4.79 Å². The van der Waals surface area contributed by atoms with Crippen molar-refractivity contribution in [1.82, 2.24) is 4.57 Å². The minimum atomic E-state index is -1.10. The predicted molar refractivity (Wildman–Crippen MR) is 55.3 cm³/mol. The van der Waals surface area contributed by atoms with Gasteiger partial charge in [0.25, 0.3) is 5.56 Å². The molecule has 0 unspecified atom stereocenters. The van der Waals surface area contributed by atoms with Gasteiger partial charge in [-0.1, -0.05) is 0 Å². The van der Waals surface area contributed by atoms with Crippen molar-refractivity contribution in [1.29, 1.82) is 0 Å². The highest BCUT2D eigenvalue weighted by Crippen LogP contribution is 2.22. The maximum absolute atomic E-state index is 11.7. The molecule has 0 aromatic carbocycles. The monoisotopic (exact) mass is 207 g/mol. The Balaban J connectivity index is 2.74. The van der Waals surface area contributed by atoms with Gasteiger partial charge in [0.1, 0.15) is 5.56 Å². The lowest BCUT2D eigenvalue weighted by atomic mass is 9.90. The summed E-state index contributed by atoms with van der Waals surface area (Å²) >= 11 is 0. The molecule has 0 saturated carbocycles. The molecule has 0 spiro atoms. The Kier molecular flexibility index (Phi) is 2.34. The van der Waals surface area contributed by atoms with Crippen LogP contribution in [0.5, 0.6) is 0 Å². The van der Waals surface area contributed by atoms with Crippen LogP contribution in [-0.4, -0.2) is 15.6 Å². The summed E-state index contributed by atoms with van der Waals surface area (Å²) in [6.45, 7) is 0. The molecule has 4 nitrogen and oxygen atoms in total. The van der Waals surface area contributed by atoms with Gasteiger partial charge < -0.3 is 9.67 Å². The van der Waals surface area contributed by atoms with Crippen molar-refractivity contribution in [2.75, 3.05) is 0 Å². The van der Waals surface area contributed by atoms with Gasteiger partial charge in [0, 0.05) is 13.2 Å². The number of nitrogens with zero attached hydrogens (tertiary/aromatic N) is 1. The molecule has 4 heteroatoms. The third kappa shape index (κ3) is 1.56. The second-order valence-corrected chi connectivity index (χ2v) is 3.94. The molecular formula is C11H13NO3. The molecule has 0 fully saturated rings. The molecule has 0 atom stereocenters. The molecule has 1 heterocycles. The summed E-state index contributed by atoms with van der Waals surface area (Å²) in [4.78, 5) is 22.7. The third-order valence-electron chi connectivity index (χ3n) is 2.91. The maximum atomic E-state index is 11.7. The fourth-order valence-electron chi connectivity index (χ4n) is 2.18.